The number of hydrogen-bond acceptors (Lipinski definition) is 1. The quantitative estimate of drug-likeness (QED) is 0.379. The molecule has 0 radical (unpaired) electrons. The van der Waals surface area contributed by atoms with Gasteiger partial charge in [0, 0.05) is 5.41 Å². The van der Waals surface area contributed by atoms with Gasteiger partial charge in [0.25, 0.3) is 0 Å². The van der Waals surface area contributed by atoms with Crippen LogP contribution in [0.25, 0.3) is 0 Å². The molecule has 0 saturated heterocycles. The fourth-order valence-electron chi connectivity index (χ4n) is 6.37. The van der Waals surface area contributed by atoms with Crippen LogP contribution < -0.4 is 0 Å². The van der Waals surface area contributed by atoms with Crippen molar-refractivity contribution in [3.63, 3.8) is 0 Å². The van der Waals surface area contributed by atoms with E-state index < -0.39 is 0 Å². The lowest BCUT2D eigenvalue weighted by molar-refractivity contribution is -0.0416. The molecule has 4 aliphatic rings. The minimum atomic E-state index is -0.120. The normalized spacial score (nSPS) is 48.8. The molecule has 0 aromatic heterocycles. The summed E-state index contributed by atoms with van der Waals surface area (Å²) < 4.78 is -0.120. The predicted molar refractivity (Wildman–Crippen MR) is 90.7 cm³/mol. The first-order chi connectivity index (χ1) is 9.72. The van der Waals surface area contributed by atoms with E-state index in [0.29, 0.717) is 0 Å². The molecule has 1 N–H and O–H groups in total. The number of fused-ring (bicyclic) bond motifs is 5. The molecule has 0 heterocycles. The van der Waals surface area contributed by atoms with Crippen LogP contribution in [0.4, 0.5) is 0 Å². The highest BCUT2D eigenvalue weighted by Gasteiger charge is 2.56. The van der Waals surface area contributed by atoms with Crippen LogP contribution >= 0.6 is 22.6 Å². The fourth-order valence-corrected chi connectivity index (χ4v) is 7.45. The van der Waals surface area contributed by atoms with Crippen LogP contribution in [0.3, 0.4) is 0 Å². The van der Waals surface area contributed by atoms with Crippen molar-refractivity contribution < 1.29 is 5.11 Å². The smallest absolute Gasteiger partial charge is 0.111 e. The van der Waals surface area contributed by atoms with E-state index in [1.807, 2.05) is 5.57 Å². The molecule has 3 saturated carbocycles. The molecule has 0 amide bonds. The Morgan fingerprint density at radius 3 is 2.85 bits per heavy atom. The average molecular weight is 386 g/mol. The summed E-state index contributed by atoms with van der Waals surface area (Å²) in [4.78, 5) is 0. The predicted octanol–water partition coefficient (Wildman–Crippen LogP) is 5.07. The molecule has 0 aliphatic heterocycles. The van der Waals surface area contributed by atoms with Crippen LogP contribution in [-0.4, -0.2) is 9.22 Å². The maximum Gasteiger partial charge on any atom is 0.111 e. The van der Waals surface area contributed by atoms with Gasteiger partial charge in [-0.25, -0.2) is 0 Å². The Morgan fingerprint density at radius 1 is 1.10 bits per heavy atom. The third-order valence-corrected chi connectivity index (χ3v) is 8.50. The summed E-state index contributed by atoms with van der Waals surface area (Å²) in [6.07, 6.45) is 16.4. The zero-order valence-corrected chi connectivity index (χ0v) is 14.5. The molecule has 0 spiro atoms. The molecule has 0 aromatic rings. The number of aliphatic hydroxyl groups is 1. The van der Waals surface area contributed by atoms with Gasteiger partial charge in [0.15, 0.2) is 0 Å². The Balaban J connectivity index is 1.64. The Hall–Kier alpha value is 0.430. The van der Waals surface area contributed by atoms with E-state index >= 15 is 0 Å². The summed E-state index contributed by atoms with van der Waals surface area (Å²) in [5.41, 5.74) is 2.10. The zero-order chi connectivity index (χ0) is 13.7. The lowest BCUT2D eigenvalue weighted by Crippen LogP contribution is -2.48. The lowest BCUT2D eigenvalue weighted by atomic mass is 9.53. The standard InChI is InChI=1S/C18H27IO/c19-17(20)18-10-3-6-16(18)15-8-7-12-4-1-2-5-13(12)14(15)9-11-18/h7,13-17,20H,1-6,8-11H2/t13-,14+,15+,16-,17?,18+/m0/s1. The highest BCUT2D eigenvalue weighted by Crippen LogP contribution is 2.63. The number of aliphatic hydroxyl groups excluding tert-OH is 1. The number of halogens is 1. The van der Waals surface area contributed by atoms with Gasteiger partial charge in [-0.2, -0.15) is 0 Å². The van der Waals surface area contributed by atoms with Gasteiger partial charge in [-0.15, -0.1) is 0 Å². The summed E-state index contributed by atoms with van der Waals surface area (Å²) >= 11 is 2.31. The Bertz CT molecular complexity index is 416. The summed E-state index contributed by atoms with van der Waals surface area (Å²) in [6, 6.07) is 0. The first-order valence-electron chi connectivity index (χ1n) is 8.73. The van der Waals surface area contributed by atoms with E-state index in [2.05, 4.69) is 28.7 Å². The van der Waals surface area contributed by atoms with Gasteiger partial charge < -0.3 is 5.11 Å². The molecule has 2 heteroatoms. The topological polar surface area (TPSA) is 20.2 Å². The Morgan fingerprint density at radius 2 is 2.00 bits per heavy atom. The first kappa shape index (κ1) is 14.0. The highest BCUT2D eigenvalue weighted by molar-refractivity contribution is 14.1. The molecular formula is C18H27IO. The molecule has 4 rings (SSSR count). The lowest BCUT2D eigenvalue weighted by Gasteiger charge is -2.53. The van der Waals surface area contributed by atoms with Gasteiger partial charge in [0.1, 0.15) is 4.11 Å². The molecular weight excluding hydrogens is 359 g/mol. The molecule has 3 fully saturated rings. The minimum absolute atomic E-state index is 0.120. The second-order valence-corrected chi connectivity index (χ2v) is 8.98. The van der Waals surface area contributed by atoms with Crippen molar-refractivity contribution in [1.82, 2.24) is 0 Å². The van der Waals surface area contributed by atoms with E-state index in [9.17, 15) is 5.11 Å². The van der Waals surface area contributed by atoms with Gasteiger partial charge >= 0.3 is 0 Å². The van der Waals surface area contributed by atoms with E-state index in [1.165, 1.54) is 64.2 Å². The first-order valence-corrected chi connectivity index (χ1v) is 9.98. The minimum Gasteiger partial charge on any atom is -0.382 e. The SMILES string of the molecule is OC(I)[C@@]12CCC[C@H]1[C@@H]1CC=C3CCCC[C@@H]3[C@H]1CC2. The zero-order valence-electron chi connectivity index (χ0n) is 12.4. The molecule has 0 aromatic carbocycles. The van der Waals surface area contributed by atoms with Crippen molar-refractivity contribution in [3.05, 3.63) is 11.6 Å². The Labute approximate surface area is 136 Å². The molecule has 20 heavy (non-hydrogen) atoms. The van der Waals surface area contributed by atoms with Gasteiger partial charge in [-0.3, -0.25) is 0 Å². The van der Waals surface area contributed by atoms with E-state index in [0.717, 1.165) is 23.7 Å². The van der Waals surface area contributed by atoms with Gasteiger partial charge in [0.2, 0.25) is 0 Å². The van der Waals surface area contributed by atoms with Crippen LogP contribution in [-0.2, 0) is 0 Å². The number of alkyl halides is 1. The third kappa shape index (κ3) is 1.96. The van der Waals surface area contributed by atoms with Crippen molar-refractivity contribution in [3.8, 4) is 0 Å². The molecule has 1 nitrogen and oxygen atoms in total. The van der Waals surface area contributed by atoms with E-state index in [4.69, 9.17) is 0 Å². The van der Waals surface area contributed by atoms with Crippen molar-refractivity contribution in [2.24, 2.45) is 29.1 Å². The Kier molecular flexibility index (Phi) is 3.69. The van der Waals surface area contributed by atoms with E-state index in [1.54, 1.807) is 0 Å². The van der Waals surface area contributed by atoms with Crippen LogP contribution in [0.1, 0.15) is 64.2 Å². The molecule has 112 valence electrons. The monoisotopic (exact) mass is 386 g/mol. The van der Waals surface area contributed by atoms with Crippen molar-refractivity contribution in [2.75, 3.05) is 0 Å². The summed E-state index contributed by atoms with van der Waals surface area (Å²) in [7, 11) is 0. The van der Waals surface area contributed by atoms with E-state index in [-0.39, 0.29) is 9.53 Å². The molecule has 0 bridgehead atoms. The maximum absolute atomic E-state index is 10.4. The summed E-state index contributed by atoms with van der Waals surface area (Å²) in [6.45, 7) is 0. The molecule has 1 unspecified atom stereocenters. The van der Waals surface area contributed by atoms with Gasteiger partial charge in [-0.1, -0.05) is 47.1 Å². The van der Waals surface area contributed by atoms with Crippen LogP contribution in [0.5, 0.6) is 0 Å². The third-order valence-electron chi connectivity index (χ3n) is 7.26. The van der Waals surface area contributed by atoms with Gasteiger partial charge in [0.05, 0.1) is 0 Å². The van der Waals surface area contributed by atoms with Crippen molar-refractivity contribution in [1.29, 1.82) is 0 Å². The van der Waals surface area contributed by atoms with Crippen molar-refractivity contribution in [2.45, 2.75) is 68.3 Å². The summed E-state index contributed by atoms with van der Waals surface area (Å²) in [5.74, 6) is 3.59. The highest BCUT2D eigenvalue weighted by atomic mass is 127. The number of hydrogen-bond donors (Lipinski definition) is 1. The fraction of sp³-hybridized carbons (Fsp3) is 0.889. The number of rotatable bonds is 1. The maximum atomic E-state index is 10.4. The van der Waals surface area contributed by atoms with Crippen LogP contribution in [0.15, 0.2) is 11.6 Å². The van der Waals surface area contributed by atoms with Crippen LogP contribution in [0, 0.1) is 29.1 Å². The second-order valence-electron chi connectivity index (χ2n) is 7.80. The van der Waals surface area contributed by atoms with Gasteiger partial charge in [-0.05, 0) is 75.0 Å². The largest absolute Gasteiger partial charge is 0.382 e. The summed E-state index contributed by atoms with van der Waals surface area (Å²) in [5, 5.41) is 10.4. The van der Waals surface area contributed by atoms with Crippen LogP contribution in [0.2, 0.25) is 0 Å². The molecule has 4 aliphatic carbocycles. The average Bonchev–Trinajstić information content (AvgIpc) is 2.92. The second kappa shape index (κ2) is 5.26. The van der Waals surface area contributed by atoms with Crippen molar-refractivity contribution >= 4 is 22.6 Å². The molecule has 6 atom stereocenters. The number of allylic oxidation sites excluding steroid dienone is 2.